The van der Waals surface area contributed by atoms with Gasteiger partial charge in [-0.1, -0.05) is 17.7 Å². The summed E-state index contributed by atoms with van der Waals surface area (Å²) in [5.74, 6) is 0. The Kier molecular flexibility index (Phi) is 7.36. The first-order chi connectivity index (χ1) is 16.4. The SMILES string of the molecule is O=C(OC(C(F)(F)F)C(F)(F)F)N1CC2(CCN(Cc3ccc(N4CCOCC4)cc3Cl)CC2)C1. The van der Waals surface area contributed by atoms with E-state index in [9.17, 15) is 31.1 Å². The summed E-state index contributed by atoms with van der Waals surface area (Å²) in [6.45, 7) is 5.11. The molecule has 1 spiro atoms. The molecule has 13 heteroatoms. The number of benzene rings is 1. The standard InChI is InChI=1S/C22H26ClF6N3O3/c23-17-11-16(31-7-9-34-10-8-31)2-1-15(17)12-30-5-3-20(4-6-30)13-32(14-20)19(33)35-18(21(24,25)26)22(27,28)29/h1-2,11,18H,3-10,12-14H2. The average molecular weight is 530 g/mol. The van der Waals surface area contributed by atoms with Crippen molar-refractivity contribution in [2.75, 3.05) is 57.4 Å². The fourth-order valence-electron chi connectivity index (χ4n) is 4.81. The van der Waals surface area contributed by atoms with E-state index in [2.05, 4.69) is 14.5 Å². The summed E-state index contributed by atoms with van der Waals surface area (Å²) >= 11 is 6.52. The molecule has 3 fully saturated rings. The van der Waals surface area contributed by atoms with Crippen LogP contribution in [0.5, 0.6) is 0 Å². The minimum atomic E-state index is -5.72. The van der Waals surface area contributed by atoms with E-state index >= 15 is 0 Å². The number of carbonyl (C=O) groups is 1. The van der Waals surface area contributed by atoms with Crippen LogP contribution in [0.2, 0.25) is 5.02 Å². The summed E-state index contributed by atoms with van der Waals surface area (Å²) in [6, 6.07) is 5.97. The van der Waals surface area contributed by atoms with Gasteiger partial charge in [-0.25, -0.2) is 4.79 Å². The Labute approximate surface area is 203 Å². The number of alkyl halides is 6. The van der Waals surface area contributed by atoms with Gasteiger partial charge in [0, 0.05) is 48.8 Å². The first-order valence-electron chi connectivity index (χ1n) is 11.3. The number of carbonyl (C=O) groups excluding carboxylic acids is 1. The van der Waals surface area contributed by atoms with Crippen molar-refractivity contribution in [3.05, 3.63) is 28.8 Å². The van der Waals surface area contributed by atoms with Crippen LogP contribution >= 0.6 is 11.6 Å². The molecule has 3 saturated heterocycles. The van der Waals surface area contributed by atoms with Crippen molar-refractivity contribution in [3.63, 3.8) is 0 Å². The van der Waals surface area contributed by atoms with Gasteiger partial charge >= 0.3 is 18.4 Å². The third-order valence-corrected chi connectivity index (χ3v) is 7.20. The molecule has 0 radical (unpaired) electrons. The maximum absolute atomic E-state index is 12.6. The van der Waals surface area contributed by atoms with Crippen molar-refractivity contribution >= 4 is 23.4 Å². The third kappa shape index (κ3) is 6.08. The minimum absolute atomic E-state index is 0.0805. The molecule has 6 nitrogen and oxygen atoms in total. The van der Waals surface area contributed by atoms with Crippen molar-refractivity contribution in [2.45, 2.75) is 37.8 Å². The number of anilines is 1. The number of hydrogen-bond acceptors (Lipinski definition) is 5. The van der Waals surface area contributed by atoms with Crippen molar-refractivity contribution in [1.29, 1.82) is 0 Å². The highest BCUT2D eigenvalue weighted by Gasteiger charge is 2.61. The number of rotatable bonds is 4. The highest BCUT2D eigenvalue weighted by molar-refractivity contribution is 6.31. The highest BCUT2D eigenvalue weighted by Crippen LogP contribution is 2.42. The van der Waals surface area contributed by atoms with Gasteiger partial charge in [0.1, 0.15) is 0 Å². The van der Waals surface area contributed by atoms with Crippen molar-refractivity contribution < 1.29 is 40.6 Å². The first kappa shape index (κ1) is 26.2. The van der Waals surface area contributed by atoms with E-state index in [0.717, 1.165) is 29.2 Å². The number of ether oxygens (including phenoxy) is 2. The predicted molar refractivity (Wildman–Crippen MR) is 115 cm³/mol. The minimum Gasteiger partial charge on any atom is -0.426 e. The number of nitrogens with zero attached hydrogens (tertiary/aromatic N) is 3. The molecule has 3 aliphatic rings. The molecule has 0 aliphatic carbocycles. The zero-order chi connectivity index (χ0) is 25.4. The second-order valence-corrected chi connectivity index (χ2v) is 9.76. The molecule has 1 aromatic rings. The highest BCUT2D eigenvalue weighted by atomic mass is 35.5. The Morgan fingerprint density at radius 3 is 2.17 bits per heavy atom. The maximum atomic E-state index is 12.6. The molecule has 3 aliphatic heterocycles. The molecule has 3 heterocycles. The van der Waals surface area contributed by atoms with E-state index in [-0.39, 0.29) is 18.5 Å². The molecule has 0 bridgehead atoms. The Bertz CT molecular complexity index is 893. The lowest BCUT2D eigenvalue weighted by Crippen LogP contribution is -2.62. The topological polar surface area (TPSA) is 45.2 Å². The van der Waals surface area contributed by atoms with Gasteiger partial charge in [-0.2, -0.15) is 26.3 Å². The molecule has 0 unspecified atom stereocenters. The molecule has 35 heavy (non-hydrogen) atoms. The number of likely N-dealkylation sites (tertiary alicyclic amines) is 2. The zero-order valence-electron chi connectivity index (χ0n) is 18.8. The lowest BCUT2D eigenvalue weighted by atomic mass is 9.72. The maximum Gasteiger partial charge on any atom is 0.434 e. The molecule has 0 saturated carbocycles. The summed E-state index contributed by atoms with van der Waals surface area (Å²) in [6.07, 6.45) is -15.8. The zero-order valence-corrected chi connectivity index (χ0v) is 19.6. The van der Waals surface area contributed by atoms with E-state index in [0.29, 0.717) is 50.7 Å². The Hall–Kier alpha value is -1.92. The monoisotopic (exact) mass is 529 g/mol. The molecular weight excluding hydrogens is 504 g/mol. The summed E-state index contributed by atoms with van der Waals surface area (Å²) in [4.78, 5) is 17.2. The van der Waals surface area contributed by atoms with Gasteiger partial charge < -0.3 is 19.3 Å². The Morgan fingerprint density at radius 2 is 1.63 bits per heavy atom. The van der Waals surface area contributed by atoms with Gasteiger partial charge in [0.2, 0.25) is 0 Å². The number of morpholine rings is 1. The largest absolute Gasteiger partial charge is 0.434 e. The second kappa shape index (κ2) is 9.85. The van der Waals surface area contributed by atoms with Crippen LogP contribution in [0.15, 0.2) is 18.2 Å². The van der Waals surface area contributed by atoms with Crippen LogP contribution in [0.25, 0.3) is 0 Å². The van der Waals surface area contributed by atoms with E-state index in [1.54, 1.807) is 0 Å². The van der Waals surface area contributed by atoms with Gasteiger partial charge in [0.25, 0.3) is 6.10 Å². The van der Waals surface area contributed by atoms with Crippen molar-refractivity contribution in [2.24, 2.45) is 5.41 Å². The summed E-state index contributed by atoms with van der Waals surface area (Å²) in [5, 5.41) is 0.663. The summed E-state index contributed by atoms with van der Waals surface area (Å²) < 4.78 is 85.0. The van der Waals surface area contributed by atoms with E-state index in [1.165, 1.54) is 0 Å². The Morgan fingerprint density at radius 1 is 1.03 bits per heavy atom. The average Bonchev–Trinajstić information content (AvgIpc) is 2.77. The van der Waals surface area contributed by atoms with Crippen LogP contribution in [0, 0.1) is 5.41 Å². The smallest absolute Gasteiger partial charge is 0.426 e. The molecule has 0 atom stereocenters. The van der Waals surface area contributed by atoms with Crippen molar-refractivity contribution in [1.82, 2.24) is 9.80 Å². The molecule has 0 N–H and O–H groups in total. The van der Waals surface area contributed by atoms with E-state index in [4.69, 9.17) is 16.3 Å². The fourth-order valence-corrected chi connectivity index (χ4v) is 5.05. The van der Waals surface area contributed by atoms with Crippen LogP contribution in [0.4, 0.5) is 36.8 Å². The molecule has 0 aromatic heterocycles. The quantitative estimate of drug-likeness (QED) is 0.529. The van der Waals surface area contributed by atoms with Gasteiger partial charge in [-0.15, -0.1) is 0 Å². The van der Waals surface area contributed by atoms with Crippen LogP contribution in [0.1, 0.15) is 18.4 Å². The lowest BCUT2D eigenvalue weighted by Gasteiger charge is -2.53. The van der Waals surface area contributed by atoms with Crippen LogP contribution in [-0.2, 0) is 16.0 Å². The lowest BCUT2D eigenvalue weighted by molar-refractivity contribution is -0.309. The molecule has 4 rings (SSSR count). The Balaban J connectivity index is 1.26. The number of piperidine rings is 1. The van der Waals surface area contributed by atoms with Crippen molar-refractivity contribution in [3.8, 4) is 0 Å². The number of halogens is 7. The summed E-state index contributed by atoms with van der Waals surface area (Å²) in [5.41, 5.74) is 1.70. The normalized spacial score (nSPS) is 21.4. The van der Waals surface area contributed by atoms with E-state index < -0.39 is 24.5 Å². The predicted octanol–water partition coefficient (Wildman–Crippen LogP) is 4.70. The second-order valence-electron chi connectivity index (χ2n) is 9.35. The fraction of sp³-hybridized carbons (Fsp3) is 0.682. The van der Waals surface area contributed by atoms with E-state index in [1.807, 2.05) is 18.2 Å². The van der Waals surface area contributed by atoms with Gasteiger partial charge in [0.05, 0.1) is 13.2 Å². The molecule has 1 amide bonds. The number of hydrogen-bond donors (Lipinski definition) is 0. The van der Waals surface area contributed by atoms with Gasteiger partial charge in [-0.05, 0) is 43.6 Å². The number of amides is 1. The van der Waals surface area contributed by atoms with Gasteiger partial charge in [0.15, 0.2) is 0 Å². The molecular formula is C22H26ClF6N3O3. The molecule has 196 valence electrons. The summed E-state index contributed by atoms with van der Waals surface area (Å²) in [7, 11) is 0. The van der Waals surface area contributed by atoms with Crippen LogP contribution in [0.3, 0.4) is 0 Å². The third-order valence-electron chi connectivity index (χ3n) is 6.85. The van der Waals surface area contributed by atoms with Gasteiger partial charge in [-0.3, -0.25) is 4.90 Å². The van der Waals surface area contributed by atoms with Crippen LogP contribution in [-0.4, -0.2) is 86.8 Å². The molecule has 1 aromatic carbocycles. The first-order valence-corrected chi connectivity index (χ1v) is 11.7. The van der Waals surface area contributed by atoms with Crippen LogP contribution < -0.4 is 4.90 Å².